The minimum absolute atomic E-state index is 0.0304. The molecule has 1 aromatic carbocycles. The number of carbonyl (C=O) groups is 2. The third kappa shape index (κ3) is 4.01. The zero-order valence-electron chi connectivity index (χ0n) is 20.7. The van der Waals surface area contributed by atoms with Crippen LogP contribution < -0.4 is 16.4 Å². The van der Waals surface area contributed by atoms with Gasteiger partial charge < -0.3 is 21.3 Å². The molecule has 2 aliphatic rings. The first-order valence-corrected chi connectivity index (χ1v) is 12.0. The van der Waals surface area contributed by atoms with E-state index in [0.717, 1.165) is 49.0 Å². The summed E-state index contributed by atoms with van der Waals surface area (Å²) in [4.78, 5) is 35.8. The van der Waals surface area contributed by atoms with Gasteiger partial charge in [0.15, 0.2) is 11.3 Å². The number of aromatic nitrogens is 4. The molecule has 35 heavy (non-hydrogen) atoms. The van der Waals surface area contributed by atoms with Crippen LogP contribution in [0.2, 0.25) is 0 Å². The molecule has 2 fully saturated rings. The minimum Gasteiger partial charge on any atom is -0.383 e. The first kappa shape index (κ1) is 23.2. The predicted molar refractivity (Wildman–Crippen MR) is 134 cm³/mol. The molecule has 4 N–H and O–H groups in total. The molecule has 3 aromatic rings. The molecule has 1 spiro atoms. The van der Waals surface area contributed by atoms with Gasteiger partial charge >= 0.3 is 0 Å². The van der Waals surface area contributed by atoms with Crippen LogP contribution in [-0.2, 0) is 11.2 Å². The number of fused-ring (bicyclic) bond motifs is 1. The molecule has 0 radical (unpaired) electrons. The summed E-state index contributed by atoms with van der Waals surface area (Å²) in [6, 6.07) is 3.91. The average Bonchev–Trinajstić information content (AvgIpc) is 3.35. The van der Waals surface area contributed by atoms with Gasteiger partial charge in [0.2, 0.25) is 5.91 Å². The highest BCUT2D eigenvalue weighted by Crippen LogP contribution is 2.60. The number of piperidine rings is 1. The molecule has 10 heteroatoms. The molecule has 184 valence electrons. The van der Waals surface area contributed by atoms with Crippen LogP contribution in [0.1, 0.15) is 52.5 Å². The Labute approximate surface area is 204 Å². The summed E-state index contributed by atoms with van der Waals surface area (Å²) in [6.45, 7) is 5.89. The standard InChI is InChI=1S/C25H32N8O2/c1-14-15(2)17(7-6-16(14)10-19(34)32(3)4)30-24(35)21-20-22(26)28-13-29-23(20)33(31-21)18-11-25(18)8-5-9-27-12-25/h6-7,13,18,27H,5,8-12H2,1-4H3,(H,30,35)(H2,26,28,29). The van der Waals surface area contributed by atoms with Crippen LogP contribution in [-0.4, -0.2) is 63.6 Å². The van der Waals surface area contributed by atoms with E-state index in [1.54, 1.807) is 19.0 Å². The van der Waals surface area contributed by atoms with Crippen molar-refractivity contribution in [1.29, 1.82) is 0 Å². The zero-order valence-corrected chi connectivity index (χ0v) is 20.7. The molecule has 2 unspecified atom stereocenters. The quantitative estimate of drug-likeness (QED) is 0.515. The lowest BCUT2D eigenvalue weighted by Crippen LogP contribution is -2.32. The van der Waals surface area contributed by atoms with E-state index >= 15 is 0 Å². The maximum absolute atomic E-state index is 13.4. The molecule has 1 saturated carbocycles. The maximum atomic E-state index is 13.4. The number of nitrogens with one attached hydrogen (secondary N) is 2. The van der Waals surface area contributed by atoms with Crippen molar-refractivity contribution in [1.82, 2.24) is 30.0 Å². The summed E-state index contributed by atoms with van der Waals surface area (Å²) in [6.07, 6.45) is 5.01. The van der Waals surface area contributed by atoms with E-state index in [9.17, 15) is 9.59 Å². The summed E-state index contributed by atoms with van der Waals surface area (Å²) in [5, 5.41) is 11.7. The fourth-order valence-electron chi connectivity index (χ4n) is 5.20. The van der Waals surface area contributed by atoms with Crippen LogP contribution in [0.15, 0.2) is 18.5 Å². The molecule has 0 bridgehead atoms. The van der Waals surface area contributed by atoms with Gasteiger partial charge in [-0.05, 0) is 62.4 Å². The smallest absolute Gasteiger partial charge is 0.277 e. The van der Waals surface area contributed by atoms with E-state index in [1.807, 2.05) is 30.7 Å². The number of carbonyl (C=O) groups excluding carboxylic acids is 2. The van der Waals surface area contributed by atoms with Crippen molar-refractivity contribution >= 4 is 34.4 Å². The van der Waals surface area contributed by atoms with Crippen molar-refractivity contribution in [2.45, 2.75) is 45.6 Å². The number of nitrogens with two attached hydrogens (primary N) is 1. The molecule has 2 amide bonds. The SMILES string of the molecule is Cc1c(CC(=O)N(C)C)ccc(NC(=O)c2nn(C3CC34CCCNC4)c3ncnc(N)c23)c1C. The summed E-state index contributed by atoms with van der Waals surface area (Å²) in [5.41, 5.74) is 10.7. The minimum atomic E-state index is -0.355. The Morgan fingerprint density at radius 2 is 2.06 bits per heavy atom. The molecule has 10 nitrogen and oxygen atoms in total. The molecule has 2 atom stereocenters. The Hall–Kier alpha value is -3.53. The van der Waals surface area contributed by atoms with Crippen LogP contribution in [0.3, 0.4) is 0 Å². The Balaban J connectivity index is 1.45. The van der Waals surface area contributed by atoms with Crippen molar-refractivity contribution in [2.24, 2.45) is 5.41 Å². The molecule has 1 aliphatic carbocycles. The lowest BCUT2D eigenvalue weighted by Gasteiger charge is -2.23. The van der Waals surface area contributed by atoms with Crippen molar-refractivity contribution in [3.63, 3.8) is 0 Å². The van der Waals surface area contributed by atoms with Gasteiger partial charge in [0.05, 0.1) is 17.8 Å². The summed E-state index contributed by atoms with van der Waals surface area (Å²) < 4.78 is 1.88. The number of rotatable bonds is 5. The highest BCUT2D eigenvalue weighted by Gasteiger charge is 2.56. The fraction of sp³-hybridized carbons (Fsp3) is 0.480. The largest absolute Gasteiger partial charge is 0.383 e. The van der Waals surface area contributed by atoms with Gasteiger partial charge in [0.25, 0.3) is 5.91 Å². The number of hydrogen-bond donors (Lipinski definition) is 3. The van der Waals surface area contributed by atoms with Crippen molar-refractivity contribution in [3.05, 3.63) is 40.8 Å². The first-order valence-electron chi connectivity index (χ1n) is 12.0. The number of nitrogens with zero attached hydrogens (tertiary/aromatic N) is 5. The summed E-state index contributed by atoms with van der Waals surface area (Å²) in [5.74, 6) is -0.0811. The van der Waals surface area contributed by atoms with Crippen LogP contribution in [0.25, 0.3) is 11.0 Å². The monoisotopic (exact) mass is 476 g/mol. The highest BCUT2D eigenvalue weighted by molar-refractivity contribution is 6.13. The summed E-state index contributed by atoms with van der Waals surface area (Å²) >= 11 is 0. The third-order valence-corrected chi connectivity index (χ3v) is 7.67. The van der Waals surface area contributed by atoms with Gasteiger partial charge in [-0.1, -0.05) is 6.07 Å². The number of benzene rings is 1. The first-order chi connectivity index (χ1) is 16.7. The highest BCUT2D eigenvalue weighted by atomic mass is 16.2. The lowest BCUT2D eigenvalue weighted by atomic mass is 9.96. The number of likely N-dealkylation sites (N-methyl/N-ethyl adjacent to an activating group) is 1. The molecule has 3 heterocycles. The van der Waals surface area contributed by atoms with Gasteiger partial charge in [0.1, 0.15) is 12.1 Å². The normalized spacial score (nSPS) is 21.3. The van der Waals surface area contributed by atoms with Gasteiger partial charge in [0, 0.05) is 31.7 Å². The average molecular weight is 477 g/mol. The van der Waals surface area contributed by atoms with Gasteiger partial charge in [-0.25, -0.2) is 14.6 Å². The lowest BCUT2D eigenvalue weighted by molar-refractivity contribution is -0.127. The molecule has 1 aliphatic heterocycles. The Bertz CT molecular complexity index is 1320. The van der Waals surface area contributed by atoms with Crippen molar-refractivity contribution in [3.8, 4) is 0 Å². The number of nitrogen functional groups attached to an aromatic ring is 1. The molecular weight excluding hydrogens is 444 g/mol. The van der Waals surface area contributed by atoms with Crippen molar-refractivity contribution in [2.75, 3.05) is 38.2 Å². The zero-order chi connectivity index (χ0) is 24.9. The Kier molecular flexibility index (Phi) is 5.71. The van der Waals surface area contributed by atoms with Gasteiger partial charge in [-0.15, -0.1) is 0 Å². The van der Waals surface area contributed by atoms with Crippen LogP contribution >= 0.6 is 0 Å². The fourth-order valence-corrected chi connectivity index (χ4v) is 5.20. The molecule has 1 saturated heterocycles. The van der Waals surface area contributed by atoms with Crippen molar-refractivity contribution < 1.29 is 9.59 Å². The number of anilines is 2. The molecular formula is C25H32N8O2. The Morgan fingerprint density at radius 3 is 2.77 bits per heavy atom. The van der Waals surface area contributed by atoms with E-state index < -0.39 is 0 Å². The van der Waals surface area contributed by atoms with E-state index in [-0.39, 0.29) is 34.8 Å². The topological polar surface area (TPSA) is 131 Å². The van der Waals surface area contributed by atoms with E-state index in [4.69, 9.17) is 10.8 Å². The van der Waals surface area contributed by atoms with Gasteiger partial charge in [-0.2, -0.15) is 5.10 Å². The van der Waals surface area contributed by atoms with E-state index in [2.05, 4.69) is 20.6 Å². The Morgan fingerprint density at radius 1 is 1.26 bits per heavy atom. The second-order valence-corrected chi connectivity index (χ2v) is 10.1. The van der Waals surface area contributed by atoms with Crippen LogP contribution in [0, 0.1) is 19.3 Å². The maximum Gasteiger partial charge on any atom is 0.277 e. The van der Waals surface area contributed by atoms with E-state index in [1.165, 1.54) is 6.33 Å². The van der Waals surface area contributed by atoms with Crippen LogP contribution in [0.5, 0.6) is 0 Å². The second kappa shape index (κ2) is 8.60. The molecule has 5 rings (SSSR count). The molecule has 2 aromatic heterocycles. The number of amides is 2. The van der Waals surface area contributed by atoms with Crippen LogP contribution in [0.4, 0.5) is 11.5 Å². The summed E-state index contributed by atoms with van der Waals surface area (Å²) in [7, 11) is 3.48. The third-order valence-electron chi connectivity index (χ3n) is 7.67. The van der Waals surface area contributed by atoms with E-state index in [0.29, 0.717) is 23.1 Å². The van der Waals surface area contributed by atoms with Gasteiger partial charge in [-0.3, -0.25) is 9.59 Å². The second-order valence-electron chi connectivity index (χ2n) is 10.1. The number of hydrogen-bond acceptors (Lipinski definition) is 7. The predicted octanol–water partition coefficient (Wildman–Crippen LogP) is 2.22.